The van der Waals surface area contributed by atoms with Gasteiger partial charge in [0.1, 0.15) is 12.7 Å². The summed E-state index contributed by atoms with van der Waals surface area (Å²) in [5.74, 6) is -0.696. The lowest BCUT2D eigenvalue weighted by molar-refractivity contribution is -0.147. The zero-order chi connectivity index (χ0) is 31.9. The highest BCUT2D eigenvalue weighted by Crippen LogP contribution is 2.42. The van der Waals surface area contributed by atoms with Crippen molar-refractivity contribution in [1.29, 1.82) is 0 Å². The van der Waals surface area contributed by atoms with Gasteiger partial charge >= 0.3 is 13.8 Å². The molecule has 0 spiro atoms. The summed E-state index contributed by atoms with van der Waals surface area (Å²) in [4.78, 5) is 32.1. The lowest BCUT2D eigenvalue weighted by atomic mass is 10.0. The third-order valence-electron chi connectivity index (χ3n) is 6.93. The minimum Gasteiger partial charge on any atom is -0.463 e. The van der Waals surface area contributed by atoms with Crippen molar-refractivity contribution in [3.05, 3.63) is 24.3 Å². The van der Waals surface area contributed by atoms with E-state index in [1.165, 1.54) is 103 Å². The summed E-state index contributed by atoms with van der Waals surface area (Å²) in [5.41, 5.74) is 0. The average molecular weight is 632 g/mol. The van der Waals surface area contributed by atoms with Crippen LogP contribution in [0.5, 0.6) is 0 Å². The fraction of sp³-hybridized carbons (Fsp3) is 0.818. The molecule has 252 valence electrons. The highest BCUT2D eigenvalue weighted by atomic mass is 31.2. The molecule has 0 aliphatic carbocycles. The molecule has 0 aromatic rings. The number of carbonyl (C=O) groups excluding carboxylic acids is 2. The van der Waals surface area contributed by atoms with Crippen LogP contribution in [0.1, 0.15) is 142 Å². The zero-order valence-corrected chi connectivity index (χ0v) is 28.0. The number of nitrogens with one attached hydrogen (secondary N) is 1. The highest BCUT2D eigenvalue weighted by molar-refractivity contribution is 7.47. The number of phosphoric acid groups is 1. The topological polar surface area (TPSA) is 131 Å². The third kappa shape index (κ3) is 33.2. The van der Waals surface area contributed by atoms with E-state index in [1.807, 2.05) is 0 Å². The van der Waals surface area contributed by atoms with Crippen molar-refractivity contribution >= 4 is 19.7 Å². The lowest BCUT2D eigenvalue weighted by Crippen LogP contribution is -2.25. The number of aliphatic hydroxyl groups is 1. The second kappa shape index (κ2) is 30.5. The van der Waals surface area contributed by atoms with Crippen molar-refractivity contribution in [1.82, 2.24) is 5.32 Å². The van der Waals surface area contributed by atoms with Gasteiger partial charge in [0.05, 0.1) is 13.2 Å². The van der Waals surface area contributed by atoms with Crippen molar-refractivity contribution in [2.24, 2.45) is 0 Å². The second-order valence-corrected chi connectivity index (χ2v) is 12.7. The molecule has 10 heteroatoms. The Bertz CT molecular complexity index is 774. The van der Waals surface area contributed by atoms with Crippen molar-refractivity contribution in [2.75, 3.05) is 26.4 Å². The van der Waals surface area contributed by atoms with Crippen LogP contribution in [0, 0.1) is 0 Å². The van der Waals surface area contributed by atoms with Gasteiger partial charge in [-0.25, -0.2) is 4.57 Å². The Morgan fingerprint density at radius 2 is 1.26 bits per heavy atom. The number of phosphoric ester groups is 1. The molecule has 0 aliphatic heterocycles. The fourth-order valence-electron chi connectivity index (χ4n) is 4.41. The summed E-state index contributed by atoms with van der Waals surface area (Å²) in [6.45, 7) is 2.56. The van der Waals surface area contributed by atoms with Gasteiger partial charge in [0.2, 0.25) is 5.91 Å². The summed E-state index contributed by atoms with van der Waals surface area (Å²) in [5, 5.41) is 12.2. The second-order valence-electron chi connectivity index (χ2n) is 11.2. The summed E-state index contributed by atoms with van der Waals surface area (Å²) < 4.78 is 26.0. The molecule has 2 atom stereocenters. The zero-order valence-electron chi connectivity index (χ0n) is 27.1. The maximum absolute atomic E-state index is 11.9. The number of rotatable bonds is 31. The molecule has 0 radical (unpaired) electrons. The molecular formula is C33H62NO8P. The van der Waals surface area contributed by atoms with E-state index >= 15 is 0 Å². The van der Waals surface area contributed by atoms with E-state index < -0.39 is 26.5 Å². The van der Waals surface area contributed by atoms with Gasteiger partial charge in [-0.1, -0.05) is 115 Å². The maximum atomic E-state index is 11.9. The SMILES string of the molecule is CCCCC/C=C\C/C=C\CCCCCCCCCCCCCCCC(=O)OCC(O)COP(=O)(O)OCCNC(C)=O. The first-order chi connectivity index (χ1) is 20.8. The van der Waals surface area contributed by atoms with Crippen LogP contribution in [0.15, 0.2) is 24.3 Å². The Labute approximate surface area is 261 Å². The number of carbonyl (C=O) groups is 2. The number of aliphatic hydroxyl groups excluding tert-OH is 1. The minimum absolute atomic E-state index is 0.0560. The van der Waals surface area contributed by atoms with E-state index in [-0.39, 0.29) is 32.1 Å². The van der Waals surface area contributed by atoms with Gasteiger partial charge in [0.15, 0.2) is 0 Å². The Morgan fingerprint density at radius 1 is 0.744 bits per heavy atom. The van der Waals surface area contributed by atoms with Crippen molar-refractivity contribution < 1.29 is 37.9 Å². The molecule has 0 fully saturated rings. The number of allylic oxidation sites excluding steroid dienone is 4. The summed E-state index contributed by atoms with van der Waals surface area (Å²) in [6, 6.07) is 0. The largest absolute Gasteiger partial charge is 0.472 e. The monoisotopic (exact) mass is 631 g/mol. The number of hydrogen-bond acceptors (Lipinski definition) is 7. The molecule has 0 aliphatic rings. The number of unbranched alkanes of at least 4 members (excludes halogenated alkanes) is 16. The third-order valence-corrected chi connectivity index (χ3v) is 7.91. The van der Waals surface area contributed by atoms with Crippen LogP contribution in [0.4, 0.5) is 0 Å². The first kappa shape index (κ1) is 41.5. The molecule has 2 unspecified atom stereocenters. The number of amides is 1. The Hall–Kier alpha value is -1.51. The van der Waals surface area contributed by atoms with Gasteiger partial charge in [-0.15, -0.1) is 0 Å². The molecular weight excluding hydrogens is 569 g/mol. The van der Waals surface area contributed by atoms with E-state index in [0.717, 1.165) is 25.7 Å². The Kier molecular flexibility index (Phi) is 29.4. The quantitative estimate of drug-likeness (QED) is 0.0303. The van der Waals surface area contributed by atoms with Crippen LogP contribution in [0.2, 0.25) is 0 Å². The molecule has 0 saturated carbocycles. The van der Waals surface area contributed by atoms with E-state index in [9.17, 15) is 24.2 Å². The van der Waals surface area contributed by atoms with Crippen molar-refractivity contribution in [3.8, 4) is 0 Å². The summed E-state index contributed by atoms with van der Waals surface area (Å²) in [7, 11) is -4.36. The molecule has 0 bridgehead atoms. The van der Waals surface area contributed by atoms with Crippen LogP contribution in [0.25, 0.3) is 0 Å². The standard InChI is InChI=1S/C33H62NO8P/c1-3-4-5-6-7-8-9-10-11-12-13-14-15-16-17-18-19-20-21-22-23-24-25-26-33(37)40-29-32(36)30-42-43(38,39)41-28-27-34-31(2)35/h7-8,10-11,32,36H,3-6,9,12-30H2,1-2H3,(H,34,35)(H,38,39)/b8-7-,11-10-. The minimum atomic E-state index is -4.36. The van der Waals surface area contributed by atoms with Crippen LogP contribution < -0.4 is 5.32 Å². The van der Waals surface area contributed by atoms with Gasteiger partial charge in [0.25, 0.3) is 0 Å². The van der Waals surface area contributed by atoms with Crippen molar-refractivity contribution in [2.45, 2.75) is 148 Å². The van der Waals surface area contributed by atoms with Crippen LogP contribution >= 0.6 is 7.82 Å². The molecule has 0 rings (SSSR count). The van der Waals surface area contributed by atoms with Crippen molar-refractivity contribution in [3.63, 3.8) is 0 Å². The number of hydrogen-bond donors (Lipinski definition) is 3. The fourth-order valence-corrected chi connectivity index (χ4v) is 5.17. The lowest BCUT2D eigenvalue weighted by Gasteiger charge is -2.15. The van der Waals surface area contributed by atoms with Gasteiger partial charge in [-0.3, -0.25) is 18.6 Å². The normalized spacial score (nSPS) is 13.9. The van der Waals surface area contributed by atoms with E-state index in [0.29, 0.717) is 0 Å². The van der Waals surface area contributed by atoms with Crippen LogP contribution in [-0.2, 0) is 27.9 Å². The highest BCUT2D eigenvalue weighted by Gasteiger charge is 2.23. The summed E-state index contributed by atoms with van der Waals surface area (Å²) >= 11 is 0. The van der Waals surface area contributed by atoms with Crippen LogP contribution in [-0.4, -0.2) is 54.3 Å². The molecule has 0 aromatic carbocycles. The predicted octanol–water partition coefficient (Wildman–Crippen LogP) is 8.09. The van der Waals surface area contributed by atoms with Crippen LogP contribution in [0.3, 0.4) is 0 Å². The average Bonchev–Trinajstić information content (AvgIpc) is 2.97. The first-order valence-corrected chi connectivity index (χ1v) is 18.3. The van der Waals surface area contributed by atoms with Gasteiger partial charge in [-0.05, 0) is 38.5 Å². The molecule has 9 nitrogen and oxygen atoms in total. The smallest absolute Gasteiger partial charge is 0.463 e. The molecule has 0 heterocycles. The predicted molar refractivity (Wildman–Crippen MR) is 174 cm³/mol. The van der Waals surface area contributed by atoms with Gasteiger partial charge in [-0.2, -0.15) is 0 Å². The number of esters is 1. The molecule has 3 N–H and O–H groups in total. The first-order valence-electron chi connectivity index (χ1n) is 16.8. The van der Waals surface area contributed by atoms with E-state index in [4.69, 9.17) is 4.74 Å². The molecule has 43 heavy (non-hydrogen) atoms. The van der Waals surface area contributed by atoms with E-state index in [1.54, 1.807) is 0 Å². The molecule has 0 aromatic heterocycles. The molecule has 0 saturated heterocycles. The summed E-state index contributed by atoms with van der Waals surface area (Å²) in [6.07, 6.45) is 31.6. The molecule has 1 amide bonds. The van der Waals surface area contributed by atoms with Gasteiger partial charge in [0, 0.05) is 19.9 Å². The van der Waals surface area contributed by atoms with E-state index in [2.05, 4.69) is 45.6 Å². The Balaban J connectivity index is 3.44. The Morgan fingerprint density at radius 3 is 1.79 bits per heavy atom. The number of ether oxygens (including phenoxy) is 1. The van der Waals surface area contributed by atoms with Gasteiger partial charge < -0.3 is 20.1 Å². The maximum Gasteiger partial charge on any atom is 0.472 e.